The Hall–Kier alpha value is -1.89. The maximum atomic E-state index is 13.1. The molecule has 1 N–H and O–H groups in total. The van der Waals surface area contributed by atoms with Crippen molar-refractivity contribution in [1.82, 2.24) is 24.9 Å². The number of nitrogens with zero attached hydrogens (tertiary/aromatic N) is 4. The molecule has 2 saturated heterocycles. The summed E-state index contributed by atoms with van der Waals surface area (Å²) in [4.78, 5) is 29.7. The molecule has 0 bridgehead atoms. The number of hydrogen-bond acceptors (Lipinski definition) is 4. The van der Waals surface area contributed by atoms with E-state index in [-0.39, 0.29) is 23.7 Å². The number of rotatable bonds is 4. The van der Waals surface area contributed by atoms with Gasteiger partial charge < -0.3 is 15.1 Å². The first-order valence-electron chi connectivity index (χ1n) is 10.9. The molecule has 3 aliphatic rings. The summed E-state index contributed by atoms with van der Waals surface area (Å²) in [5.41, 5.74) is 1.13. The zero-order valence-electron chi connectivity index (χ0n) is 17.0. The lowest BCUT2D eigenvalue weighted by molar-refractivity contribution is -0.142. The Bertz CT molecular complexity index is 689. The summed E-state index contributed by atoms with van der Waals surface area (Å²) in [6.45, 7) is 4.21. The van der Waals surface area contributed by atoms with Crippen LogP contribution in [0.4, 0.5) is 0 Å². The quantitative estimate of drug-likeness (QED) is 0.847. The van der Waals surface area contributed by atoms with Gasteiger partial charge in [-0.2, -0.15) is 5.10 Å². The first kappa shape index (κ1) is 19.4. The maximum absolute atomic E-state index is 13.1. The smallest absolute Gasteiger partial charge is 0.227 e. The number of nitrogens with one attached hydrogen (secondary N) is 1. The molecule has 2 aliphatic heterocycles. The van der Waals surface area contributed by atoms with Crippen LogP contribution >= 0.6 is 0 Å². The first-order valence-corrected chi connectivity index (χ1v) is 10.9. The largest absolute Gasteiger partial charge is 0.339 e. The van der Waals surface area contributed by atoms with Gasteiger partial charge in [0.1, 0.15) is 0 Å². The van der Waals surface area contributed by atoms with Gasteiger partial charge in [0.15, 0.2) is 0 Å². The summed E-state index contributed by atoms with van der Waals surface area (Å²) in [6, 6.07) is 0. The molecule has 2 atom stereocenters. The second-order valence-corrected chi connectivity index (χ2v) is 8.73. The third-order valence-electron chi connectivity index (χ3n) is 6.82. The van der Waals surface area contributed by atoms with Crippen molar-refractivity contribution < 1.29 is 9.59 Å². The van der Waals surface area contributed by atoms with Crippen molar-refractivity contribution in [3.63, 3.8) is 0 Å². The summed E-state index contributed by atoms with van der Waals surface area (Å²) < 4.78 is 1.80. The summed E-state index contributed by atoms with van der Waals surface area (Å²) in [6.07, 6.45) is 10.9. The molecule has 0 unspecified atom stereocenters. The van der Waals surface area contributed by atoms with Crippen LogP contribution in [0.5, 0.6) is 0 Å². The highest BCUT2D eigenvalue weighted by Crippen LogP contribution is 2.30. The predicted octanol–water partition coefficient (Wildman–Crippen LogP) is 1.36. The predicted molar refractivity (Wildman–Crippen MR) is 107 cm³/mol. The minimum absolute atomic E-state index is 0.0336. The van der Waals surface area contributed by atoms with Gasteiger partial charge in [-0.25, -0.2) is 0 Å². The van der Waals surface area contributed by atoms with Gasteiger partial charge in [-0.1, -0.05) is 19.3 Å². The van der Waals surface area contributed by atoms with Crippen LogP contribution in [-0.2, 0) is 16.6 Å². The van der Waals surface area contributed by atoms with Gasteiger partial charge in [0, 0.05) is 64.9 Å². The SMILES string of the molecule is Cn1cc([C@H]2CNC[C@@H]2C(=O)N2CCN(C(=O)CC3CCCCC3)CC2)cn1. The monoisotopic (exact) mass is 387 g/mol. The molecule has 1 aromatic heterocycles. The molecule has 0 spiro atoms. The summed E-state index contributed by atoms with van der Waals surface area (Å²) in [5.74, 6) is 1.24. The molecular weight excluding hydrogens is 354 g/mol. The van der Waals surface area contributed by atoms with Gasteiger partial charge in [-0.15, -0.1) is 0 Å². The van der Waals surface area contributed by atoms with E-state index >= 15 is 0 Å². The molecule has 4 rings (SSSR count). The van der Waals surface area contributed by atoms with Crippen molar-refractivity contribution in [2.75, 3.05) is 39.3 Å². The number of carbonyl (C=O) groups is 2. The average molecular weight is 388 g/mol. The minimum atomic E-state index is -0.0336. The normalized spacial score (nSPS) is 26.6. The molecule has 1 aromatic rings. The second-order valence-electron chi connectivity index (χ2n) is 8.73. The summed E-state index contributed by atoms with van der Waals surface area (Å²) >= 11 is 0. The number of hydrogen-bond donors (Lipinski definition) is 1. The van der Waals surface area contributed by atoms with Crippen LogP contribution in [0, 0.1) is 11.8 Å². The van der Waals surface area contributed by atoms with E-state index in [4.69, 9.17) is 0 Å². The van der Waals surface area contributed by atoms with Gasteiger partial charge in [0.05, 0.1) is 12.1 Å². The summed E-state index contributed by atoms with van der Waals surface area (Å²) in [7, 11) is 1.91. The molecule has 7 heteroatoms. The minimum Gasteiger partial charge on any atom is -0.339 e. The van der Waals surface area contributed by atoms with Gasteiger partial charge in [-0.05, 0) is 24.3 Å². The molecule has 3 heterocycles. The van der Waals surface area contributed by atoms with E-state index < -0.39 is 0 Å². The van der Waals surface area contributed by atoms with E-state index in [2.05, 4.69) is 10.4 Å². The lowest BCUT2D eigenvalue weighted by atomic mass is 9.86. The van der Waals surface area contributed by atoms with Crippen LogP contribution in [0.15, 0.2) is 12.4 Å². The van der Waals surface area contributed by atoms with Crippen molar-refractivity contribution in [1.29, 1.82) is 0 Å². The average Bonchev–Trinajstić information content (AvgIpc) is 3.37. The van der Waals surface area contributed by atoms with Crippen LogP contribution in [0.2, 0.25) is 0 Å². The highest BCUT2D eigenvalue weighted by atomic mass is 16.2. The van der Waals surface area contributed by atoms with Gasteiger partial charge >= 0.3 is 0 Å². The van der Waals surface area contributed by atoms with Gasteiger partial charge in [0.2, 0.25) is 11.8 Å². The van der Waals surface area contributed by atoms with E-state index in [0.717, 1.165) is 18.7 Å². The fourth-order valence-corrected chi connectivity index (χ4v) is 5.10. The Morgan fingerprint density at radius 3 is 2.46 bits per heavy atom. The molecule has 3 fully saturated rings. The Balaban J connectivity index is 1.29. The van der Waals surface area contributed by atoms with Crippen LogP contribution in [-0.4, -0.2) is 70.7 Å². The van der Waals surface area contributed by atoms with Crippen LogP contribution < -0.4 is 5.32 Å². The molecule has 7 nitrogen and oxygen atoms in total. The molecule has 2 amide bonds. The highest BCUT2D eigenvalue weighted by molar-refractivity contribution is 5.81. The van der Waals surface area contributed by atoms with Crippen molar-refractivity contribution >= 4 is 11.8 Å². The second kappa shape index (κ2) is 8.64. The van der Waals surface area contributed by atoms with E-state index in [9.17, 15) is 9.59 Å². The van der Waals surface area contributed by atoms with Crippen LogP contribution in [0.25, 0.3) is 0 Å². The fraction of sp³-hybridized carbons (Fsp3) is 0.762. The highest BCUT2D eigenvalue weighted by Gasteiger charge is 2.38. The third-order valence-corrected chi connectivity index (χ3v) is 6.82. The van der Waals surface area contributed by atoms with Gasteiger partial charge in [0.25, 0.3) is 0 Å². The van der Waals surface area contributed by atoms with E-state index in [1.807, 2.05) is 29.2 Å². The molecular formula is C21H33N5O2. The molecule has 28 heavy (non-hydrogen) atoms. The standard InChI is InChI=1S/C21H33N5O2/c1-24-15-17(12-23-24)18-13-22-14-19(18)21(28)26-9-7-25(8-10-26)20(27)11-16-5-3-2-4-6-16/h12,15-16,18-19,22H,2-11,13-14H2,1H3/t18-,19+/m1/s1. The van der Waals surface area contributed by atoms with E-state index in [0.29, 0.717) is 38.5 Å². The number of carbonyl (C=O) groups excluding carboxylic acids is 2. The van der Waals surface area contributed by atoms with Crippen molar-refractivity contribution in [3.8, 4) is 0 Å². The Labute approximate surface area is 167 Å². The molecule has 1 saturated carbocycles. The Morgan fingerprint density at radius 2 is 1.79 bits per heavy atom. The summed E-state index contributed by atoms with van der Waals surface area (Å²) in [5, 5.41) is 7.64. The molecule has 1 aliphatic carbocycles. The third kappa shape index (κ3) is 4.24. The molecule has 154 valence electrons. The Kier molecular flexibility index (Phi) is 5.99. The Morgan fingerprint density at radius 1 is 1.07 bits per heavy atom. The lowest BCUT2D eigenvalue weighted by Gasteiger charge is -2.37. The number of amides is 2. The lowest BCUT2D eigenvalue weighted by Crippen LogP contribution is -2.52. The van der Waals surface area contributed by atoms with Crippen molar-refractivity contribution in [2.24, 2.45) is 18.9 Å². The number of aromatic nitrogens is 2. The van der Waals surface area contributed by atoms with E-state index in [1.54, 1.807) is 4.68 Å². The van der Waals surface area contributed by atoms with Crippen LogP contribution in [0.1, 0.15) is 50.0 Å². The fourth-order valence-electron chi connectivity index (χ4n) is 5.10. The molecule has 0 aromatic carbocycles. The van der Waals surface area contributed by atoms with Crippen molar-refractivity contribution in [2.45, 2.75) is 44.4 Å². The number of piperazine rings is 1. The van der Waals surface area contributed by atoms with Gasteiger partial charge in [-0.3, -0.25) is 14.3 Å². The van der Waals surface area contributed by atoms with Crippen molar-refractivity contribution in [3.05, 3.63) is 18.0 Å². The zero-order chi connectivity index (χ0) is 19.5. The van der Waals surface area contributed by atoms with E-state index in [1.165, 1.54) is 32.1 Å². The maximum Gasteiger partial charge on any atom is 0.227 e. The number of aryl methyl sites for hydroxylation is 1. The first-order chi connectivity index (χ1) is 13.6. The van der Waals surface area contributed by atoms with Crippen LogP contribution in [0.3, 0.4) is 0 Å². The topological polar surface area (TPSA) is 70.5 Å². The zero-order valence-corrected chi connectivity index (χ0v) is 17.0. The molecule has 0 radical (unpaired) electrons.